The number of ether oxygens (including phenoxy) is 2. The summed E-state index contributed by atoms with van der Waals surface area (Å²) in [5.74, 6) is 1.23. The average molecular weight is 282 g/mol. The third kappa shape index (κ3) is 4.46. The van der Waals surface area contributed by atoms with Crippen LogP contribution in [0.1, 0.15) is 31.1 Å². The van der Waals surface area contributed by atoms with E-state index in [1.54, 1.807) is 18.2 Å². The zero-order valence-corrected chi connectivity index (χ0v) is 12.9. The van der Waals surface area contributed by atoms with Crippen molar-refractivity contribution in [1.82, 2.24) is 0 Å². The second-order valence-electron chi connectivity index (χ2n) is 5.54. The molecule has 0 saturated heterocycles. The van der Waals surface area contributed by atoms with Crippen LogP contribution in [0.3, 0.4) is 0 Å². The van der Waals surface area contributed by atoms with Gasteiger partial charge in [0.25, 0.3) is 0 Å². The Bertz CT molecular complexity index is 424. The van der Waals surface area contributed by atoms with Gasteiger partial charge in [0.05, 0.1) is 13.7 Å². The van der Waals surface area contributed by atoms with Crippen LogP contribution in [0.25, 0.3) is 0 Å². The van der Waals surface area contributed by atoms with Crippen LogP contribution in [0.5, 0.6) is 5.75 Å². The van der Waals surface area contributed by atoms with Gasteiger partial charge in [0.15, 0.2) is 0 Å². The molecule has 3 nitrogen and oxygen atoms in total. The molecule has 1 aromatic carbocycles. The lowest BCUT2D eigenvalue weighted by Gasteiger charge is -2.29. The average Bonchev–Trinajstić information content (AvgIpc) is 2.37. The maximum absolute atomic E-state index is 11.6. The number of methoxy groups -OCH3 is 1. The first-order chi connectivity index (χ1) is 8.90. The van der Waals surface area contributed by atoms with E-state index in [1.165, 1.54) is 7.11 Å². The molecule has 0 fully saturated rings. The Labute approximate surface area is 120 Å². The molecule has 0 aliphatic carbocycles. The largest absolute Gasteiger partial charge is 0.492 e. The molecule has 0 heterocycles. The third-order valence-electron chi connectivity index (χ3n) is 3.18. The van der Waals surface area contributed by atoms with Gasteiger partial charge < -0.3 is 9.47 Å². The van der Waals surface area contributed by atoms with Crippen LogP contribution in [-0.4, -0.2) is 25.4 Å². The molecular formula is C15H22O3S. The zero-order chi connectivity index (χ0) is 14.5. The molecule has 0 bridgehead atoms. The Kier molecular flexibility index (Phi) is 5.73. The quantitative estimate of drug-likeness (QED) is 0.664. The van der Waals surface area contributed by atoms with E-state index in [2.05, 4.69) is 33.4 Å². The number of para-hydroxylation sites is 1. The van der Waals surface area contributed by atoms with Crippen molar-refractivity contribution in [1.29, 1.82) is 0 Å². The molecule has 0 aromatic heterocycles. The smallest absolute Gasteiger partial charge is 0.341 e. The van der Waals surface area contributed by atoms with Crippen LogP contribution < -0.4 is 4.74 Å². The van der Waals surface area contributed by atoms with Crippen molar-refractivity contribution in [3.63, 3.8) is 0 Å². The van der Waals surface area contributed by atoms with E-state index in [1.807, 2.05) is 6.07 Å². The Morgan fingerprint density at radius 3 is 2.47 bits per heavy atom. The summed E-state index contributed by atoms with van der Waals surface area (Å²) in [5.41, 5.74) is 0.568. The van der Waals surface area contributed by atoms with Crippen molar-refractivity contribution in [2.45, 2.75) is 20.8 Å². The summed E-state index contributed by atoms with van der Waals surface area (Å²) in [5, 5.41) is 0. The summed E-state index contributed by atoms with van der Waals surface area (Å²) in [7, 11) is 1.37. The number of carbonyl (C=O) groups excluding carboxylic acids is 1. The van der Waals surface area contributed by atoms with E-state index in [4.69, 9.17) is 9.47 Å². The highest BCUT2D eigenvalue weighted by Gasteiger charge is 2.24. The summed E-state index contributed by atoms with van der Waals surface area (Å²) in [6, 6.07) is 7.12. The minimum Gasteiger partial charge on any atom is -0.492 e. The van der Waals surface area contributed by atoms with Crippen molar-refractivity contribution < 1.29 is 14.3 Å². The standard InChI is InChI=1S/C15H22O3S/c1-15(2,3)11(10-19)9-18-13-8-6-5-7-12(13)14(16)17-4/h5-8,11,19H,9-10H2,1-4H3. The number of thiol groups is 1. The molecule has 1 unspecified atom stereocenters. The number of benzene rings is 1. The van der Waals surface area contributed by atoms with Crippen LogP contribution in [0.15, 0.2) is 24.3 Å². The van der Waals surface area contributed by atoms with Gasteiger partial charge in [-0.05, 0) is 23.3 Å². The minimum atomic E-state index is -0.381. The van der Waals surface area contributed by atoms with Gasteiger partial charge in [-0.3, -0.25) is 0 Å². The maximum Gasteiger partial charge on any atom is 0.341 e. The van der Waals surface area contributed by atoms with Gasteiger partial charge in [-0.25, -0.2) is 4.79 Å². The van der Waals surface area contributed by atoms with Crippen LogP contribution in [0, 0.1) is 11.3 Å². The van der Waals surface area contributed by atoms with Gasteiger partial charge in [0.2, 0.25) is 0 Å². The highest BCUT2D eigenvalue weighted by atomic mass is 32.1. The molecule has 0 saturated carbocycles. The van der Waals surface area contributed by atoms with E-state index >= 15 is 0 Å². The highest BCUT2D eigenvalue weighted by Crippen LogP contribution is 2.28. The topological polar surface area (TPSA) is 35.5 Å². The fourth-order valence-electron chi connectivity index (χ4n) is 1.64. The lowest BCUT2D eigenvalue weighted by molar-refractivity contribution is 0.0594. The molecule has 0 aliphatic heterocycles. The molecular weight excluding hydrogens is 260 g/mol. The number of hydrogen-bond acceptors (Lipinski definition) is 4. The molecule has 1 atom stereocenters. The number of carbonyl (C=O) groups is 1. The number of hydrogen-bond donors (Lipinski definition) is 1. The van der Waals surface area contributed by atoms with Crippen LogP contribution >= 0.6 is 12.6 Å². The Morgan fingerprint density at radius 2 is 1.95 bits per heavy atom. The lowest BCUT2D eigenvalue weighted by atomic mass is 9.82. The summed E-state index contributed by atoms with van der Waals surface area (Å²) in [6.45, 7) is 7.00. The van der Waals surface area contributed by atoms with Gasteiger partial charge in [-0.1, -0.05) is 32.9 Å². The first kappa shape index (κ1) is 15.9. The summed E-state index contributed by atoms with van der Waals surface area (Å²) < 4.78 is 10.5. The van der Waals surface area contributed by atoms with Crippen molar-refractivity contribution in [3.8, 4) is 5.75 Å². The second kappa shape index (κ2) is 6.85. The molecule has 1 aromatic rings. The second-order valence-corrected chi connectivity index (χ2v) is 5.91. The van der Waals surface area contributed by atoms with Crippen molar-refractivity contribution in [3.05, 3.63) is 29.8 Å². The minimum absolute atomic E-state index is 0.113. The normalized spacial score (nSPS) is 12.9. The number of esters is 1. The summed E-state index contributed by atoms with van der Waals surface area (Å²) in [6.07, 6.45) is 0. The van der Waals surface area contributed by atoms with E-state index in [9.17, 15) is 4.79 Å². The van der Waals surface area contributed by atoms with Gasteiger partial charge >= 0.3 is 5.97 Å². The van der Waals surface area contributed by atoms with Crippen molar-refractivity contribution in [2.24, 2.45) is 11.3 Å². The fraction of sp³-hybridized carbons (Fsp3) is 0.533. The Hall–Kier alpha value is -1.16. The molecule has 1 rings (SSSR count). The van der Waals surface area contributed by atoms with Gasteiger partial charge in [-0.15, -0.1) is 0 Å². The van der Waals surface area contributed by atoms with E-state index < -0.39 is 0 Å². The van der Waals surface area contributed by atoms with Crippen LogP contribution in [0.2, 0.25) is 0 Å². The van der Waals surface area contributed by atoms with Crippen molar-refractivity contribution in [2.75, 3.05) is 19.5 Å². The molecule has 0 amide bonds. The van der Waals surface area contributed by atoms with E-state index in [0.29, 0.717) is 23.8 Å². The Morgan fingerprint density at radius 1 is 1.32 bits per heavy atom. The predicted molar refractivity (Wildman–Crippen MR) is 80.1 cm³/mol. The van der Waals surface area contributed by atoms with E-state index in [-0.39, 0.29) is 11.4 Å². The zero-order valence-electron chi connectivity index (χ0n) is 12.0. The predicted octanol–water partition coefficient (Wildman–Crippen LogP) is 3.44. The third-order valence-corrected chi connectivity index (χ3v) is 3.62. The molecule has 0 N–H and O–H groups in total. The molecule has 0 aliphatic rings. The maximum atomic E-state index is 11.6. The molecule has 19 heavy (non-hydrogen) atoms. The van der Waals surface area contributed by atoms with Gasteiger partial charge in [0.1, 0.15) is 11.3 Å². The van der Waals surface area contributed by atoms with E-state index in [0.717, 1.165) is 5.75 Å². The summed E-state index contributed by atoms with van der Waals surface area (Å²) >= 11 is 4.37. The van der Waals surface area contributed by atoms with Crippen LogP contribution in [0.4, 0.5) is 0 Å². The van der Waals surface area contributed by atoms with Gasteiger partial charge in [0, 0.05) is 5.92 Å². The van der Waals surface area contributed by atoms with Crippen LogP contribution in [-0.2, 0) is 4.74 Å². The summed E-state index contributed by atoms with van der Waals surface area (Å²) in [4.78, 5) is 11.6. The van der Waals surface area contributed by atoms with Crippen molar-refractivity contribution >= 4 is 18.6 Å². The number of rotatable bonds is 5. The molecule has 0 spiro atoms. The monoisotopic (exact) mass is 282 g/mol. The first-order valence-electron chi connectivity index (χ1n) is 6.31. The lowest BCUT2D eigenvalue weighted by Crippen LogP contribution is -2.28. The first-order valence-corrected chi connectivity index (χ1v) is 6.94. The highest BCUT2D eigenvalue weighted by molar-refractivity contribution is 7.80. The fourth-order valence-corrected chi connectivity index (χ4v) is 2.29. The molecule has 106 valence electrons. The molecule has 4 heteroatoms. The SMILES string of the molecule is COC(=O)c1ccccc1OCC(CS)C(C)(C)C. The molecule has 0 radical (unpaired) electrons. The Balaban J connectivity index is 2.80. The van der Waals surface area contributed by atoms with Gasteiger partial charge in [-0.2, -0.15) is 12.6 Å².